The molecule has 1 aromatic carbocycles. The Kier molecular flexibility index (Phi) is 4.70. The van der Waals surface area contributed by atoms with Crippen LogP contribution in [0.5, 0.6) is 0 Å². The Hall–Kier alpha value is -3.28. The van der Waals surface area contributed by atoms with Crippen molar-refractivity contribution < 1.29 is 18.7 Å². The monoisotopic (exact) mass is 338 g/mol. The fourth-order valence-electron chi connectivity index (χ4n) is 2.77. The molecule has 0 fully saturated rings. The molecule has 0 aliphatic rings. The first kappa shape index (κ1) is 16.6. The van der Waals surface area contributed by atoms with Crippen LogP contribution in [-0.2, 0) is 16.0 Å². The Morgan fingerprint density at radius 2 is 2.08 bits per heavy atom. The first-order valence-electron chi connectivity index (χ1n) is 7.77. The molecule has 25 heavy (non-hydrogen) atoms. The molecule has 2 aromatic heterocycles. The van der Waals surface area contributed by atoms with E-state index in [0.29, 0.717) is 17.9 Å². The van der Waals surface area contributed by atoms with E-state index in [1.54, 1.807) is 24.4 Å². The Balaban J connectivity index is 1.95. The summed E-state index contributed by atoms with van der Waals surface area (Å²) in [6.45, 7) is 4.02. The second-order valence-electron chi connectivity index (χ2n) is 5.43. The lowest BCUT2D eigenvalue weighted by atomic mass is 10.1. The van der Waals surface area contributed by atoms with Gasteiger partial charge in [0.15, 0.2) is 0 Å². The number of methoxy groups -OCH3 is 1. The van der Waals surface area contributed by atoms with E-state index in [0.717, 1.165) is 10.9 Å². The van der Waals surface area contributed by atoms with Crippen LogP contribution in [0.3, 0.4) is 0 Å². The van der Waals surface area contributed by atoms with Gasteiger partial charge in [-0.3, -0.25) is 14.3 Å². The minimum Gasteiger partial charge on any atom is -0.452 e. The maximum Gasteiger partial charge on any atom is 0.418 e. The number of para-hydroxylation sites is 1. The van der Waals surface area contributed by atoms with Gasteiger partial charge in [0.25, 0.3) is 0 Å². The quantitative estimate of drug-likeness (QED) is 0.667. The van der Waals surface area contributed by atoms with E-state index in [4.69, 9.17) is 9.15 Å². The number of carbonyl (C=O) groups excluding carboxylic acids is 2. The average Bonchev–Trinajstić information content (AvgIpc) is 3.27. The zero-order valence-electron chi connectivity index (χ0n) is 13.8. The van der Waals surface area contributed by atoms with Crippen LogP contribution in [0.2, 0.25) is 0 Å². The average molecular weight is 338 g/mol. The van der Waals surface area contributed by atoms with Gasteiger partial charge in [-0.25, -0.2) is 4.79 Å². The molecule has 0 bridgehead atoms. The summed E-state index contributed by atoms with van der Waals surface area (Å²) in [4.78, 5) is 26.3. The minimum atomic E-state index is -0.496. The molecule has 0 spiro atoms. The van der Waals surface area contributed by atoms with Gasteiger partial charge in [-0.15, -0.1) is 6.58 Å². The number of ether oxygens (including phenoxy) is 1. The summed E-state index contributed by atoms with van der Waals surface area (Å²) in [5.74, 6) is 0.309. The number of hydrogen-bond acceptors (Lipinski definition) is 4. The van der Waals surface area contributed by atoms with Gasteiger partial charge in [-0.1, -0.05) is 24.3 Å². The SMILES string of the molecule is C=CCN(C(=O)Cc1cn(C(=O)OC)c2ccccc12)c1ccco1. The molecular formula is C19H18N2O4. The van der Waals surface area contributed by atoms with Gasteiger partial charge in [0, 0.05) is 24.2 Å². The highest BCUT2D eigenvalue weighted by molar-refractivity contribution is 5.98. The first-order valence-corrected chi connectivity index (χ1v) is 7.77. The van der Waals surface area contributed by atoms with Gasteiger partial charge < -0.3 is 9.15 Å². The van der Waals surface area contributed by atoms with Crippen LogP contribution < -0.4 is 4.90 Å². The molecule has 6 heteroatoms. The molecule has 128 valence electrons. The molecule has 0 radical (unpaired) electrons. The molecule has 0 saturated heterocycles. The van der Waals surface area contributed by atoms with Crippen LogP contribution in [0, 0.1) is 0 Å². The molecule has 0 aliphatic carbocycles. The second kappa shape index (κ2) is 7.09. The maximum atomic E-state index is 12.8. The molecule has 2 heterocycles. The number of fused-ring (bicyclic) bond motifs is 1. The van der Waals surface area contributed by atoms with Gasteiger partial charge in [-0.2, -0.15) is 0 Å². The molecular weight excluding hydrogens is 320 g/mol. The van der Waals surface area contributed by atoms with Crippen LogP contribution in [0.1, 0.15) is 5.56 Å². The summed E-state index contributed by atoms with van der Waals surface area (Å²) in [5, 5.41) is 0.833. The van der Waals surface area contributed by atoms with Gasteiger partial charge in [0.05, 0.1) is 25.3 Å². The van der Waals surface area contributed by atoms with Crippen molar-refractivity contribution in [3.8, 4) is 0 Å². The van der Waals surface area contributed by atoms with E-state index in [-0.39, 0.29) is 12.3 Å². The van der Waals surface area contributed by atoms with Crippen molar-refractivity contribution in [3.05, 3.63) is 67.1 Å². The van der Waals surface area contributed by atoms with Gasteiger partial charge in [-0.05, 0) is 17.7 Å². The lowest BCUT2D eigenvalue weighted by Gasteiger charge is -2.17. The van der Waals surface area contributed by atoms with Crippen LogP contribution >= 0.6 is 0 Å². The summed E-state index contributed by atoms with van der Waals surface area (Å²) >= 11 is 0. The maximum absolute atomic E-state index is 12.8. The summed E-state index contributed by atoms with van der Waals surface area (Å²) in [6, 6.07) is 10.8. The molecule has 0 aliphatic heterocycles. The summed E-state index contributed by atoms with van der Waals surface area (Å²) in [7, 11) is 1.32. The van der Waals surface area contributed by atoms with E-state index in [1.165, 1.54) is 22.8 Å². The van der Waals surface area contributed by atoms with Crippen LogP contribution in [0.25, 0.3) is 10.9 Å². The highest BCUT2D eigenvalue weighted by atomic mass is 16.5. The number of benzene rings is 1. The van der Waals surface area contributed by atoms with Gasteiger partial charge in [0.1, 0.15) is 0 Å². The molecule has 0 saturated carbocycles. The third-order valence-electron chi connectivity index (χ3n) is 3.89. The third kappa shape index (κ3) is 3.19. The van der Waals surface area contributed by atoms with Crippen molar-refractivity contribution in [1.82, 2.24) is 4.57 Å². The lowest BCUT2D eigenvalue weighted by Crippen LogP contribution is -2.32. The Morgan fingerprint density at radius 3 is 2.76 bits per heavy atom. The van der Waals surface area contributed by atoms with E-state index in [2.05, 4.69) is 6.58 Å². The van der Waals surface area contributed by atoms with Crippen LogP contribution in [-0.4, -0.2) is 30.2 Å². The predicted molar refractivity (Wildman–Crippen MR) is 94.7 cm³/mol. The van der Waals surface area contributed by atoms with Crippen molar-refractivity contribution in [2.24, 2.45) is 0 Å². The zero-order chi connectivity index (χ0) is 17.8. The van der Waals surface area contributed by atoms with E-state index in [9.17, 15) is 9.59 Å². The second-order valence-corrected chi connectivity index (χ2v) is 5.43. The third-order valence-corrected chi connectivity index (χ3v) is 3.89. The van der Waals surface area contributed by atoms with E-state index in [1.807, 2.05) is 24.3 Å². The first-order chi connectivity index (χ1) is 12.2. The van der Waals surface area contributed by atoms with Crippen molar-refractivity contribution in [3.63, 3.8) is 0 Å². The Morgan fingerprint density at radius 1 is 1.28 bits per heavy atom. The number of anilines is 1. The standard InChI is InChI=1S/C19H18N2O4/c1-3-10-20(18-9-6-11-25-18)17(22)12-14-13-21(19(23)24-2)16-8-5-4-7-15(14)16/h3-9,11,13H,1,10,12H2,2H3. The Labute approximate surface area is 144 Å². The van der Waals surface area contributed by atoms with E-state index >= 15 is 0 Å². The smallest absolute Gasteiger partial charge is 0.418 e. The van der Waals surface area contributed by atoms with Crippen LogP contribution in [0.15, 0.2) is 65.9 Å². The number of amides is 1. The van der Waals surface area contributed by atoms with E-state index < -0.39 is 6.09 Å². The summed E-state index contributed by atoms with van der Waals surface area (Å²) < 4.78 is 11.5. The molecule has 0 unspecified atom stereocenters. The predicted octanol–water partition coefficient (Wildman–Crippen LogP) is 3.61. The van der Waals surface area contributed by atoms with Gasteiger partial charge >= 0.3 is 6.09 Å². The molecule has 1 amide bonds. The lowest BCUT2D eigenvalue weighted by molar-refractivity contribution is -0.118. The number of carbonyl (C=O) groups is 2. The van der Waals surface area contributed by atoms with Crippen molar-refractivity contribution in [2.45, 2.75) is 6.42 Å². The Bertz CT molecular complexity index is 909. The normalized spacial score (nSPS) is 10.6. The van der Waals surface area contributed by atoms with Gasteiger partial charge in [0.2, 0.25) is 11.8 Å². The highest BCUT2D eigenvalue weighted by Gasteiger charge is 2.21. The zero-order valence-corrected chi connectivity index (χ0v) is 13.8. The van der Waals surface area contributed by atoms with Crippen molar-refractivity contribution >= 4 is 28.8 Å². The van der Waals surface area contributed by atoms with Crippen LogP contribution in [0.4, 0.5) is 10.7 Å². The fraction of sp³-hybridized carbons (Fsp3) is 0.158. The molecule has 3 aromatic rings. The molecule has 3 rings (SSSR count). The molecule has 6 nitrogen and oxygen atoms in total. The highest BCUT2D eigenvalue weighted by Crippen LogP contribution is 2.24. The number of rotatable bonds is 5. The molecule has 0 atom stereocenters. The summed E-state index contributed by atoms with van der Waals surface area (Å²) in [5.41, 5.74) is 1.44. The fourth-order valence-corrected chi connectivity index (χ4v) is 2.77. The number of furan rings is 1. The largest absolute Gasteiger partial charge is 0.452 e. The number of nitrogens with zero attached hydrogens (tertiary/aromatic N) is 2. The summed E-state index contributed by atoms with van der Waals surface area (Å²) in [6.07, 6.45) is 4.42. The van der Waals surface area contributed by atoms with Crippen molar-refractivity contribution in [2.75, 3.05) is 18.6 Å². The van der Waals surface area contributed by atoms with Crippen molar-refractivity contribution in [1.29, 1.82) is 0 Å². The number of hydrogen-bond donors (Lipinski definition) is 0. The topological polar surface area (TPSA) is 64.7 Å². The molecule has 0 N–H and O–H groups in total. The number of aromatic nitrogens is 1. The minimum absolute atomic E-state index is 0.124.